The molecule has 0 atom stereocenters. The molecule has 1 N–H and O–H groups in total. The zero-order valence-corrected chi connectivity index (χ0v) is 30.8. The van der Waals surface area contributed by atoms with Crippen molar-refractivity contribution in [3.63, 3.8) is 0 Å². The molecular formula is C35H44Cl2N3O4Ru-. The number of carbonyl (C=O) groups is 2. The zero-order valence-electron chi connectivity index (χ0n) is 27.5. The second-order valence-electron chi connectivity index (χ2n) is 11.4. The van der Waals surface area contributed by atoms with E-state index in [4.69, 9.17) is 24.1 Å². The molecule has 1 aliphatic heterocycles. The van der Waals surface area contributed by atoms with Crippen LogP contribution in [0.5, 0.6) is 5.75 Å². The Labute approximate surface area is 281 Å². The Morgan fingerprint density at radius 2 is 1.38 bits per heavy atom. The third-order valence-electron chi connectivity index (χ3n) is 6.98. The summed E-state index contributed by atoms with van der Waals surface area (Å²) in [4.78, 5) is 27.8. The fraction of sp³-hybridized carbons (Fsp3) is 0.371. The zero-order chi connectivity index (χ0) is 33.4. The Morgan fingerprint density at radius 3 is 1.80 bits per heavy atom. The van der Waals surface area contributed by atoms with Crippen LogP contribution in [0.25, 0.3) is 0 Å². The molecule has 0 saturated carbocycles. The number of hydrogen-bond acceptors (Lipinski definition) is 6. The van der Waals surface area contributed by atoms with Gasteiger partial charge in [-0.3, -0.25) is 0 Å². The van der Waals surface area contributed by atoms with Crippen molar-refractivity contribution in [1.82, 2.24) is 0 Å². The van der Waals surface area contributed by atoms with E-state index in [0.717, 1.165) is 13.1 Å². The van der Waals surface area contributed by atoms with Crippen molar-refractivity contribution in [2.75, 3.05) is 34.8 Å². The molecule has 1 saturated heterocycles. The number of nitrogens with one attached hydrogen (secondary N) is 1. The van der Waals surface area contributed by atoms with Gasteiger partial charge in [-0.25, -0.2) is 0 Å². The van der Waals surface area contributed by atoms with E-state index in [1.165, 1.54) is 44.8 Å². The summed E-state index contributed by atoms with van der Waals surface area (Å²) in [6, 6.07) is 14.1. The molecule has 0 aromatic heterocycles. The standard InChI is InChI=1S/C21H27N2.C14H17NO4.2ClH.Ru/c1-14-9-16(3)20(17(4)10-14)22-7-8-23(13-22)21-18(5)11-15(2)12-19(21)6;1-5-18-14(17)13(16)15-11-6-7-12(10(4)8-11)19-9(2)3;;;/h9-13H,7-8H2,1-6H3;4,6-9H,5H2,1-3H3,(H,15,16);2*1H;/q-1;;;;+2/p-2. The van der Waals surface area contributed by atoms with Crippen LogP contribution in [-0.4, -0.2) is 42.3 Å². The molecule has 3 aromatic carbocycles. The molecule has 3 aromatic rings. The van der Waals surface area contributed by atoms with Crippen molar-refractivity contribution in [2.24, 2.45) is 0 Å². The summed E-state index contributed by atoms with van der Waals surface area (Å²) in [6.07, 6.45) is -0.0153. The molecule has 4 rings (SSSR count). The molecule has 45 heavy (non-hydrogen) atoms. The fourth-order valence-electron chi connectivity index (χ4n) is 5.62. The molecular weight excluding hydrogens is 698 g/mol. The number of hydrogen-bond donors (Lipinski definition) is 1. The largest absolute Gasteiger partial charge is 0.502 e. The van der Waals surface area contributed by atoms with Crippen LogP contribution >= 0.6 is 19.4 Å². The van der Waals surface area contributed by atoms with Gasteiger partial charge in [0.25, 0.3) is 0 Å². The molecule has 1 heterocycles. The average molecular weight is 743 g/mol. The van der Waals surface area contributed by atoms with Crippen LogP contribution in [0.15, 0.2) is 42.5 Å². The predicted molar refractivity (Wildman–Crippen MR) is 185 cm³/mol. The first-order valence-corrected chi connectivity index (χ1v) is 20.3. The number of nitrogens with zero attached hydrogens (tertiary/aromatic N) is 2. The summed E-state index contributed by atoms with van der Waals surface area (Å²) in [5, 5.41) is 2.46. The Bertz CT molecular complexity index is 1460. The van der Waals surface area contributed by atoms with Gasteiger partial charge in [0, 0.05) is 24.5 Å². The minimum atomic E-state index is -2.06. The van der Waals surface area contributed by atoms with Gasteiger partial charge in [0.2, 0.25) is 0 Å². The van der Waals surface area contributed by atoms with Gasteiger partial charge in [0.1, 0.15) is 0 Å². The molecule has 1 fully saturated rings. The number of rotatable bonds is 7. The van der Waals surface area contributed by atoms with E-state index in [0.29, 0.717) is 17.0 Å². The van der Waals surface area contributed by atoms with E-state index in [1.807, 2.05) is 13.8 Å². The third-order valence-corrected chi connectivity index (χ3v) is 8.82. The van der Waals surface area contributed by atoms with Crippen molar-refractivity contribution in [1.29, 1.82) is 0 Å². The number of ether oxygens (including phenoxy) is 2. The van der Waals surface area contributed by atoms with Crippen LogP contribution in [0.3, 0.4) is 0 Å². The summed E-state index contributed by atoms with van der Waals surface area (Å²) in [5.74, 6) is -1.15. The van der Waals surface area contributed by atoms with Gasteiger partial charge in [0.15, 0.2) is 0 Å². The summed E-state index contributed by atoms with van der Waals surface area (Å²) >= 11 is -2.06. The van der Waals surface area contributed by atoms with Gasteiger partial charge in [-0.1, -0.05) is 35.4 Å². The summed E-state index contributed by atoms with van der Waals surface area (Å²) in [5.41, 5.74) is 12.0. The Kier molecular flexibility index (Phi) is 13.5. The maximum absolute atomic E-state index is 11.6. The van der Waals surface area contributed by atoms with Crippen LogP contribution in [0.2, 0.25) is 0 Å². The second kappa shape index (κ2) is 16.6. The van der Waals surface area contributed by atoms with Crippen LogP contribution in [0, 0.1) is 48.2 Å². The summed E-state index contributed by atoms with van der Waals surface area (Å²) < 4.78 is 12.0. The fourth-order valence-corrected chi connectivity index (χ4v) is 7.40. The number of benzene rings is 3. The smallest absolute Gasteiger partial charge is 0.0146 e. The van der Waals surface area contributed by atoms with Crippen molar-refractivity contribution < 1.29 is 32.6 Å². The first-order chi connectivity index (χ1) is 21.2. The van der Waals surface area contributed by atoms with Gasteiger partial charge in [-0.15, -0.1) is 0 Å². The average Bonchev–Trinajstić information content (AvgIpc) is 3.38. The Hall–Kier alpha value is -2.93. The van der Waals surface area contributed by atoms with Gasteiger partial charge >= 0.3 is 142 Å². The van der Waals surface area contributed by atoms with E-state index in [2.05, 4.69) is 92.3 Å². The topological polar surface area (TPSA) is 71.1 Å². The molecule has 10 heteroatoms. The van der Waals surface area contributed by atoms with Gasteiger partial charge in [-0.2, -0.15) is 6.67 Å². The monoisotopic (exact) mass is 742 g/mol. The SMILES string of the molecule is CCOC(=O)C(=O)Nc1ccc(OC(C)C)c([CH]=[Ru]([Cl])[Cl])c1.Cc1cc(C)c(N2[CH-]N(c3c(C)cc(C)cc3C)CC2)c(C)c1. The van der Waals surface area contributed by atoms with E-state index >= 15 is 0 Å². The van der Waals surface area contributed by atoms with Crippen molar-refractivity contribution in [3.8, 4) is 5.75 Å². The van der Waals surface area contributed by atoms with Crippen molar-refractivity contribution in [2.45, 2.75) is 68.4 Å². The quantitative estimate of drug-likeness (QED) is 0.115. The van der Waals surface area contributed by atoms with E-state index < -0.39 is 25.4 Å². The first kappa shape index (κ1) is 36.5. The molecule has 0 spiro atoms. The number of halogens is 2. The molecule has 0 bridgehead atoms. The molecule has 0 unspecified atom stereocenters. The molecule has 7 nitrogen and oxygen atoms in total. The van der Waals surface area contributed by atoms with Crippen LogP contribution in [-0.2, 0) is 27.8 Å². The van der Waals surface area contributed by atoms with Gasteiger partial charge in [-0.05, 0) is 63.8 Å². The number of esters is 1. The van der Waals surface area contributed by atoms with Crippen LogP contribution in [0.4, 0.5) is 17.1 Å². The first-order valence-electron chi connectivity index (χ1n) is 14.9. The maximum atomic E-state index is 11.6. The van der Waals surface area contributed by atoms with Crippen molar-refractivity contribution in [3.05, 3.63) is 88.1 Å². The molecule has 0 radical (unpaired) electrons. The third kappa shape index (κ3) is 10.3. The number of amides is 1. The molecule has 246 valence electrons. The number of carbonyl (C=O) groups excluding carboxylic acids is 2. The summed E-state index contributed by atoms with van der Waals surface area (Å²) in [6.45, 7) is 23.1. The molecule has 1 aliphatic rings. The van der Waals surface area contributed by atoms with Gasteiger partial charge < -0.3 is 9.80 Å². The van der Waals surface area contributed by atoms with Crippen molar-refractivity contribution >= 4 is 52.9 Å². The maximum Gasteiger partial charge on any atom is 0.0146 e. The number of aryl methyl sites for hydroxylation is 6. The molecule has 1 amide bonds. The molecule has 0 aliphatic carbocycles. The van der Waals surface area contributed by atoms with E-state index in [1.54, 1.807) is 29.7 Å². The van der Waals surface area contributed by atoms with E-state index in [-0.39, 0.29) is 12.7 Å². The Morgan fingerprint density at radius 1 is 0.889 bits per heavy atom. The summed E-state index contributed by atoms with van der Waals surface area (Å²) in [7, 11) is 11.8. The minimum Gasteiger partial charge on any atom is -0.502 e. The normalized spacial score (nSPS) is 12.8. The van der Waals surface area contributed by atoms with E-state index in [9.17, 15) is 9.59 Å². The second-order valence-corrected chi connectivity index (χ2v) is 17.1. The minimum absolute atomic E-state index is 0.0153. The van der Waals surface area contributed by atoms with Crippen LogP contribution in [0.1, 0.15) is 59.7 Å². The van der Waals surface area contributed by atoms with Crippen LogP contribution < -0.4 is 19.9 Å². The Balaban J connectivity index is 0.000000246. The predicted octanol–water partition coefficient (Wildman–Crippen LogP) is 8.03. The number of anilines is 3. The van der Waals surface area contributed by atoms with Gasteiger partial charge in [0.05, 0.1) is 0 Å².